The molecule has 1 aliphatic carbocycles. The number of aliphatic carboxylic acids is 1. The van der Waals surface area contributed by atoms with Gasteiger partial charge in [-0.3, -0.25) is 14.3 Å². The van der Waals surface area contributed by atoms with Gasteiger partial charge in [-0.2, -0.15) is 5.10 Å². The van der Waals surface area contributed by atoms with E-state index in [0.717, 1.165) is 31.4 Å². The maximum Gasteiger partial charge on any atom is 0.308 e. The van der Waals surface area contributed by atoms with E-state index in [0.29, 0.717) is 24.7 Å². The molecule has 138 valence electrons. The van der Waals surface area contributed by atoms with Gasteiger partial charge >= 0.3 is 5.97 Å². The molecule has 1 aromatic rings. The van der Waals surface area contributed by atoms with Crippen LogP contribution in [-0.4, -0.2) is 46.5 Å². The Morgan fingerprint density at radius 2 is 2.00 bits per heavy atom. The third-order valence-electron chi connectivity index (χ3n) is 5.17. The van der Waals surface area contributed by atoms with Crippen LogP contribution < -0.4 is 5.32 Å². The highest BCUT2D eigenvalue weighted by Crippen LogP contribution is 2.42. The molecule has 0 bridgehead atoms. The van der Waals surface area contributed by atoms with Crippen LogP contribution in [0.2, 0.25) is 0 Å². The van der Waals surface area contributed by atoms with Crippen LogP contribution in [0.4, 0.5) is 0 Å². The smallest absolute Gasteiger partial charge is 0.308 e. The molecule has 1 aromatic heterocycles. The average molecular weight is 349 g/mol. The number of rotatable bonds is 7. The van der Waals surface area contributed by atoms with E-state index in [1.807, 2.05) is 18.5 Å². The maximum absolute atomic E-state index is 12.7. The van der Waals surface area contributed by atoms with Crippen LogP contribution in [0.1, 0.15) is 67.5 Å². The standard InChI is InChI=1S/C18H27N3O4/c1-11(2)21-16(13-3-4-13)15(10-20-21)17(22)19-9-14(18(23)24)12-5-7-25-8-6-12/h10-14H,3-9H2,1-2H3,(H,19,22)(H,23,24). The summed E-state index contributed by atoms with van der Waals surface area (Å²) in [7, 11) is 0. The second-order valence-corrected chi connectivity index (χ2v) is 7.36. The first-order chi connectivity index (χ1) is 12.0. The summed E-state index contributed by atoms with van der Waals surface area (Å²) in [4.78, 5) is 24.3. The fraction of sp³-hybridized carbons (Fsp3) is 0.722. The summed E-state index contributed by atoms with van der Waals surface area (Å²) in [6, 6.07) is 0.200. The van der Waals surface area contributed by atoms with E-state index in [9.17, 15) is 14.7 Å². The number of ether oxygens (including phenoxy) is 1. The Morgan fingerprint density at radius 3 is 2.56 bits per heavy atom. The zero-order valence-corrected chi connectivity index (χ0v) is 14.9. The van der Waals surface area contributed by atoms with Gasteiger partial charge in [-0.15, -0.1) is 0 Å². The monoisotopic (exact) mass is 349 g/mol. The van der Waals surface area contributed by atoms with Gasteiger partial charge in [-0.05, 0) is 45.4 Å². The minimum absolute atomic E-state index is 0.0489. The lowest BCUT2D eigenvalue weighted by atomic mass is 9.86. The number of carboxylic acid groups (broad SMARTS) is 1. The number of nitrogens with one attached hydrogen (secondary N) is 1. The van der Waals surface area contributed by atoms with Crippen molar-refractivity contribution in [3.63, 3.8) is 0 Å². The molecule has 7 nitrogen and oxygen atoms in total. The molecule has 0 radical (unpaired) electrons. The normalized spacial score (nSPS) is 19.8. The summed E-state index contributed by atoms with van der Waals surface area (Å²) in [5.41, 5.74) is 1.58. The van der Waals surface area contributed by atoms with Crippen LogP contribution in [0.15, 0.2) is 6.20 Å². The predicted octanol–water partition coefficient (Wildman–Crippen LogP) is 2.20. The van der Waals surface area contributed by atoms with E-state index in [-0.39, 0.29) is 24.4 Å². The summed E-state index contributed by atoms with van der Waals surface area (Å²) < 4.78 is 7.22. The van der Waals surface area contributed by atoms with Crippen LogP contribution in [0, 0.1) is 11.8 Å². The number of carbonyl (C=O) groups is 2. The zero-order valence-electron chi connectivity index (χ0n) is 14.9. The summed E-state index contributed by atoms with van der Waals surface area (Å²) in [6.07, 6.45) is 5.24. The minimum atomic E-state index is -0.854. The van der Waals surface area contributed by atoms with Crippen LogP contribution in [-0.2, 0) is 9.53 Å². The van der Waals surface area contributed by atoms with Gasteiger partial charge in [0, 0.05) is 31.7 Å². The molecule has 7 heteroatoms. The fourth-order valence-electron chi connectivity index (χ4n) is 3.59. The van der Waals surface area contributed by atoms with Crippen molar-refractivity contribution in [2.75, 3.05) is 19.8 Å². The van der Waals surface area contributed by atoms with Crippen molar-refractivity contribution >= 4 is 11.9 Å². The Labute approximate surface area is 147 Å². The number of hydrogen-bond acceptors (Lipinski definition) is 4. The van der Waals surface area contributed by atoms with E-state index in [1.54, 1.807) is 6.20 Å². The first-order valence-electron chi connectivity index (χ1n) is 9.15. The van der Waals surface area contributed by atoms with Crippen molar-refractivity contribution in [1.29, 1.82) is 0 Å². The van der Waals surface area contributed by atoms with Crippen LogP contribution in [0.5, 0.6) is 0 Å². The fourth-order valence-corrected chi connectivity index (χ4v) is 3.59. The topological polar surface area (TPSA) is 93.5 Å². The van der Waals surface area contributed by atoms with Crippen LogP contribution in [0.25, 0.3) is 0 Å². The predicted molar refractivity (Wildman–Crippen MR) is 91.6 cm³/mol. The summed E-state index contributed by atoms with van der Waals surface area (Å²) >= 11 is 0. The molecular formula is C18H27N3O4. The third kappa shape index (κ3) is 4.03. The highest BCUT2D eigenvalue weighted by atomic mass is 16.5. The summed E-state index contributed by atoms with van der Waals surface area (Å²) in [6.45, 7) is 5.43. The number of aromatic nitrogens is 2. The molecule has 2 aliphatic rings. The maximum atomic E-state index is 12.7. The van der Waals surface area contributed by atoms with Gasteiger partial charge in [0.05, 0.1) is 23.4 Å². The molecule has 0 spiro atoms. The number of carbonyl (C=O) groups excluding carboxylic acids is 1. The van der Waals surface area contributed by atoms with Crippen LogP contribution in [0.3, 0.4) is 0 Å². The number of hydrogen-bond donors (Lipinski definition) is 2. The van der Waals surface area contributed by atoms with Crippen LogP contribution >= 0.6 is 0 Å². The molecule has 3 rings (SSSR count). The second kappa shape index (κ2) is 7.56. The van der Waals surface area contributed by atoms with Gasteiger partial charge in [0.15, 0.2) is 0 Å². The van der Waals surface area contributed by atoms with Gasteiger partial charge in [0.2, 0.25) is 0 Å². The lowest BCUT2D eigenvalue weighted by molar-refractivity contribution is -0.144. The molecular weight excluding hydrogens is 322 g/mol. The number of amides is 1. The first-order valence-corrected chi connectivity index (χ1v) is 9.15. The lowest BCUT2D eigenvalue weighted by Crippen LogP contribution is -2.39. The SMILES string of the molecule is CC(C)n1ncc(C(=O)NCC(C(=O)O)C2CCOCC2)c1C1CC1. The van der Waals surface area contributed by atoms with E-state index < -0.39 is 11.9 Å². The van der Waals surface area contributed by atoms with Gasteiger partial charge in [-0.25, -0.2) is 0 Å². The summed E-state index contributed by atoms with van der Waals surface area (Å²) in [5, 5.41) is 16.7. The van der Waals surface area contributed by atoms with Crippen molar-refractivity contribution in [2.24, 2.45) is 11.8 Å². The second-order valence-electron chi connectivity index (χ2n) is 7.36. The van der Waals surface area contributed by atoms with Crippen molar-refractivity contribution in [3.05, 3.63) is 17.5 Å². The molecule has 2 N–H and O–H groups in total. The van der Waals surface area contributed by atoms with Gasteiger partial charge < -0.3 is 15.2 Å². The highest BCUT2D eigenvalue weighted by Gasteiger charge is 2.34. The van der Waals surface area contributed by atoms with Crippen molar-refractivity contribution < 1.29 is 19.4 Å². The first kappa shape index (κ1) is 17.9. The van der Waals surface area contributed by atoms with E-state index >= 15 is 0 Å². The van der Waals surface area contributed by atoms with E-state index in [2.05, 4.69) is 10.4 Å². The van der Waals surface area contributed by atoms with Crippen molar-refractivity contribution in [1.82, 2.24) is 15.1 Å². The number of nitrogens with zero attached hydrogens (tertiary/aromatic N) is 2. The Hall–Kier alpha value is -1.89. The minimum Gasteiger partial charge on any atom is -0.481 e. The molecule has 2 fully saturated rings. The largest absolute Gasteiger partial charge is 0.481 e. The molecule has 1 aliphatic heterocycles. The Kier molecular flexibility index (Phi) is 5.42. The number of carboxylic acids is 1. The molecule has 1 amide bonds. The van der Waals surface area contributed by atoms with E-state index in [1.165, 1.54) is 0 Å². The zero-order chi connectivity index (χ0) is 18.0. The molecule has 1 saturated heterocycles. The molecule has 1 unspecified atom stereocenters. The molecule has 1 atom stereocenters. The van der Waals surface area contributed by atoms with Gasteiger partial charge in [0.25, 0.3) is 5.91 Å². The van der Waals surface area contributed by atoms with Gasteiger partial charge in [0.1, 0.15) is 0 Å². The highest BCUT2D eigenvalue weighted by molar-refractivity contribution is 5.95. The molecule has 0 aromatic carbocycles. The molecule has 2 heterocycles. The van der Waals surface area contributed by atoms with E-state index in [4.69, 9.17) is 4.74 Å². The lowest BCUT2D eigenvalue weighted by Gasteiger charge is -2.27. The third-order valence-corrected chi connectivity index (χ3v) is 5.17. The average Bonchev–Trinajstić information content (AvgIpc) is 3.33. The van der Waals surface area contributed by atoms with Gasteiger partial charge in [-0.1, -0.05) is 0 Å². The molecule has 1 saturated carbocycles. The Balaban J connectivity index is 1.68. The Morgan fingerprint density at radius 1 is 1.32 bits per heavy atom. The van der Waals surface area contributed by atoms with Crippen molar-refractivity contribution in [3.8, 4) is 0 Å². The van der Waals surface area contributed by atoms with Crippen molar-refractivity contribution in [2.45, 2.75) is 51.5 Å². The Bertz CT molecular complexity index is 630. The quantitative estimate of drug-likeness (QED) is 0.787. The summed E-state index contributed by atoms with van der Waals surface area (Å²) in [5.74, 6) is -1.19. The molecule has 25 heavy (non-hydrogen) atoms.